The second-order valence-corrected chi connectivity index (χ2v) is 3.85. The normalized spacial score (nSPS) is 10.8. The van der Waals surface area contributed by atoms with E-state index in [2.05, 4.69) is 30.9 Å². The number of aromatic amines is 1. The quantitative estimate of drug-likeness (QED) is 0.939. The van der Waals surface area contributed by atoms with Gasteiger partial charge in [0.25, 0.3) is 0 Å². The van der Waals surface area contributed by atoms with E-state index in [1.54, 1.807) is 18.3 Å². The fourth-order valence-electron chi connectivity index (χ4n) is 1.28. The first kappa shape index (κ1) is 11.1. The molecule has 0 saturated heterocycles. The Kier molecular flexibility index (Phi) is 3.19. The van der Waals surface area contributed by atoms with Crippen LogP contribution in [0.2, 0.25) is 0 Å². The molecule has 0 spiro atoms. The smallest absolute Gasteiger partial charge is 0.387 e. The monoisotopic (exact) mass is 288 g/mol. The first-order valence-electron chi connectivity index (χ1n) is 4.41. The molecule has 2 rings (SSSR count). The Balaban J connectivity index is 2.23. The number of ether oxygens (including phenoxy) is 1. The molecule has 2 aromatic rings. The summed E-state index contributed by atoms with van der Waals surface area (Å²) in [5, 5.41) is 6.64. The maximum atomic E-state index is 11.9. The molecule has 6 heteroatoms. The lowest BCUT2D eigenvalue weighted by Gasteiger charge is -2.04. The van der Waals surface area contributed by atoms with Crippen LogP contribution in [-0.2, 0) is 0 Å². The highest BCUT2D eigenvalue weighted by atomic mass is 79.9. The number of halogens is 3. The Morgan fingerprint density at radius 3 is 2.44 bits per heavy atom. The van der Waals surface area contributed by atoms with Gasteiger partial charge < -0.3 is 4.74 Å². The van der Waals surface area contributed by atoms with Gasteiger partial charge in [-0.15, -0.1) is 0 Å². The van der Waals surface area contributed by atoms with Gasteiger partial charge in [0, 0.05) is 5.56 Å². The Labute approximate surface area is 98.6 Å². The number of rotatable bonds is 3. The van der Waals surface area contributed by atoms with Gasteiger partial charge in [0.15, 0.2) is 0 Å². The lowest BCUT2D eigenvalue weighted by atomic mass is 10.1. The number of alkyl halides is 2. The van der Waals surface area contributed by atoms with Crippen LogP contribution >= 0.6 is 15.9 Å². The summed E-state index contributed by atoms with van der Waals surface area (Å²) in [7, 11) is 0. The number of nitrogens with zero attached hydrogens (tertiary/aromatic N) is 1. The number of aromatic nitrogens is 2. The fraction of sp³-hybridized carbons (Fsp3) is 0.100. The number of hydrogen-bond acceptors (Lipinski definition) is 2. The standard InChI is InChI=1S/C10H7BrF2N2O/c11-8-5-14-15-9(8)6-1-3-7(4-2-6)16-10(12)13/h1-5,10H,(H,14,15). The molecular formula is C10H7BrF2N2O. The van der Waals surface area contributed by atoms with E-state index < -0.39 is 6.61 Å². The summed E-state index contributed by atoms with van der Waals surface area (Å²) >= 11 is 3.32. The lowest BCUT2D eigenvalue weighted by molar-refractivity contribution is -0.0498. The van der Waals surface area contributed by atoms with Gasteiger partial charge in [0.05, 0.1) is 16.4 Å². The maximum Gasteiger partial charge on any atom is 0.387 e. The van der Waals surface area contributed by atoms with Gasteiger partial charge in [0.1, 0.15) is 5.75 Å². The Bertz CT molecular complexity index is 470. The summed E-state index contributed by atoms with van der Waals surface area (Å²) in [6, 6.07) is 6.32. The van der Waals surface area contributed by atoms with Gasteiger partial charge in [0.2, 0.25) is 0 Å². The zero-order valence-corrected chi connectivity index (χ0v) is 9.54. The number of benzene rings is 1. The van der Waals surface area contributed by atoms with Gasteiger partial charge in [-0.1, -0.05) is 0 Å². The second kappa shape index (κ2) is 4.61. The van der Waals surface area contributed by atoms with Crippen molar-refractivity contribution in [1.82, 2.24) is 10.2 Å². The summed E-state index contributed by atoms with van der Waals surface area (Å²) in [6.45, 7) is -2.80. The number of H-pyrrole nitrogens is 1. The highest BCUT2D eigenvalue weighted by molar-refractivity contribution is 9.10. The topological polar surface area (TPSA) is 37.9 Å². The number of nitrogens with one attached hydrogen (secondary N) is 1. The minimum Gasteiger partial charge on any atom is -0.435 e. The van der Waals surface area contributed by atoms with Crippen molar-refractivity contribution in [3.63, 3.8) is 0 Å². The van der Waals surface area contributed by atoms with E-state index in [0.29, 0.717) is 0 Å². The van der Waals surface area contributed by atoms with Crippen LogP contribution in [0.1, 0.15) is 0 Å². The van der Waals surface area contributed by atoms with Crippen LogP contribution in [0.15, 0.2) is 34.9 Å². The van der Waals surface area contributed by atoms with Gasteiger partial charge in [-0.3, -0.25) is 5.10 Å². The Morgan fingerprint density at radius 1 is 1.25 bits per heavy atom. The molecule has 0 atom stereocenters. The first-order chi connectivity index (χ1) is 7.66. The molecular weight excluding hydrogens is 282 g/mol. The molecule has 0 saturated carbocycles. The Morgan fingerprint density at radius 2 is 1.94 bits per heavy atom. The molecule has 0 aliphatic heterocycles. The Hall–Kier alpha value is -1.43. The summed E-state index contributed by atoms with van der Waals surface area (Å²) in [5.41, 5.74) is 1.63. The second-order valence-electron chi connectivity index (χ2n) is 3.00. The fourth-order valence-corrected chi connectivity index (χ4v) is 1.70. The molecule has 0 unspecified atom stereocenters. The van der Waals surface area contributed by atoms with Crippen molar-refractivity contribution >= 4 is 15.9 Å². The van der Waals surface area contributed by atoms with Crippen LogP contribution in [0.4, 0.5) is 8.78 Å². The SMILES string of the molecule is FC(F)Oc1ccc(-c2[nH]ncc2Br)cc1. The molecule has 0 aliphatic carbocycles. The molecule has 1 aromatic carbocycles. The van der Waals surface area contributed by atoms with Crippen molar-refractivity contribution in [2.75, 3.05) is 0 Å². The average molecular weight is 289 g/mol. The van der Waals surface area contributed by atoms with E-state index in [0.717, 1.165) is 15.7 Å². The summed E-state index contributed by atoms with van der Waals surface area (Å²) in [6.07, 6.45) is 1.62. The van der Waals surface area contributed by atoms with E-state index in [1.165, 1.54) is 12.1 Å². The molecule has 0 fully saturated rings. The summed E-state index contributed by atoms with van der Waals surface area (Å²) in [4.78, 5) is 0. The molecule has 1 aromatic heterocycles. The van der Waals surface area contributed by atoms with Crippen molar-refractivity contribution in [3.8, 4) is 17.0 Å². The summed E-state index contributed by atoms with van der Waals surface area (Å²) in [5.74, 6) is 0.134. The van der Waals surface area contributed by atoms with E-state index in [4.69, 9.17) is 0 Å². The zero-order chi connectivity index (χ0) is 11.5. The molecule has 16 heavy (non-hydrogen) atoms. The molecule has 0 amide bonds. The predicted molar refractivity (Wildman–Crippen MR) is 58.4 cm³/mol. The van der Waals surface area contributed by atoms with Crippen LogP contribution in [0.5, 0.6) is 5.75 Å². The lowest BCUT2D eigenvalue weighted by Crippen LogP contribution is -2.01. The predicted octanol–water partition coefficient (Wildman–Crippen LogP) is 3.44. The molecule has 84 valence electrons. The zero-order valence-electron chi connectivity index (χ0n) is 7.95. The largest absolute Gasteiger partial charge is 0.435 e. The van der Waals surface area contributed by atoms with Crippen LogP contribution in [-0.4, -0.2) is 16.8 Å². The van der Waals surface area contributed by atoms with Crippen molar-refractivity contribution in [3.05, 3.63) is 34.9 Å². The number of hydrogen-bond donors (Lipinski definition) is 1. The molecule has 0 bridgehead atoms. The van der Waals surface area contributed by atoms with Crippen molar-refractivity contribution in [2.45, 2.75) is 6.61 Å². The van der Waals surface area contributed by atoms with Crippen molar-refractivity contribution in [2.24, 2.45) is 0 Å². The molecule has 3 nitrogen and oxygen atoms in total. The first-order valence-corrected chi connectivity index (χ1v) is 5.20. The van der Waals surface area contributed by atoms with Crippen LogP contribution < -0.4 is 4.74 Å². The van der Waals surface area contributed by atoms with Gasteiger partial charge in [-0.05, 0) is 40.2 Å². The van der Waals surface area contributed by atoms with E-state index in [-0.39, 0.29) is 5.75 Å². The minimum absolute atomic E-state index is 0.134. The molecule has 0 radical (unpaired) electrons. The third-order valence-electron chi connectivity index (χ3n) is 1.96. The molecule has 1 N–H and O–H groups in total. The minimum atomic E-state index is -2.80. The molecule has 1 heterocycles. The van der Waals surface area contributed by atoms with Gasteiger partial charge in [-0.2, -0.15) is 13.9 Å². The molecule has 0 aliphatic rings. The van der Waals surface area contributed by atoms with E-state index in [9.17, 15) is 8.78 Å². The van der Waals surface area contributed by atoms with Crippen molar-refractivity contribution in [1.29, 1.82) is 0 Å². The van der Waals surface area contributed by atoms with Crippen molar-refractivity contribution < 1.29 is 13.5 Å². The highest BCUT2D eigenvalue weighted by Gasteiger charge is 2.07. The van der Waals surface area contributed by atoms with Crippen LogP contribution in [0.3, 0.4) is 0 Å². The van der Waals surface area contributed by atoms with E-state index in [1.807, 2.05) is 0 Å². The maximum absolute atomic E-state index is 11.9. The average Bonchev–Trinajstić information content (AvgIpc) is 2.65. The van der Waals surface area contributed by atoms with Gasteiger partial charge in [-0.25, -0.2) is 0 Å². The van der Waals surface area contributed by atoms with E-state index >= 15 is 0 Å². The third-order valence-corrected chi connectivity index (χ3v) is 2.56. The van der Waals surface area contributed by atoms with Crippen LogP contribution in [0.25, 0.3) is 11.3 Å². The van der Waals surface area contributed by atoms with Gasteiger partial charge >= 0.3 is 6.61 Å². The third kappa shape index (κ3) is 2.38. The highest BCUT2D eigenvalue weighted by Crippen LogP contribution is 2.27. The van der Waals surface area contributed by atoms with Crippen LogP contribution in [0, 0.1) is 0 Å². The summed E-state index contributed by atoms with van der Waals surface area (Å²) < 4.78 is 28.9.